The minimum absolute atomic E-state index is 0.0221. The fourth-order valence-electron chi connectivity index (χ4n) is 2.99. The molecule has 0 bridgehead atoms. The number of hydrogen-bond donors (Lipinski definition) is 6. The van der Waals surface area contributed by atoms with Crippen molar-refractivity contribution in [1.29, 1.82) is 0 Å². The van der Waals surface area contributed by atoms with E-state index in [0.29, 0.717) is 0 Å². The van der Waals surface area contributed by atoms with Gasteiger partial charge in [0.1, 0.15) is 18.0 Å². The molecule has 1 amide bonds. The summed E-state index contributed by atoms with van der Waals surface area (Å²) in [7, 11) is -6.36. The number of carbonyl (C=O) groups excluding carboxylic acids is 1. The Morgan fingerprint density at radius 1 is 1.33 bits per heavy atom. The van der Waals surface area contributed by atoms with Crippen molar-refractivity contribution < 1.29 is 39.2 Å². The molecule has 0 saturated carbocycles. The molecule has 6 N–H and O–H groups in total. The molecule has 10 nitrogen and oxygen atoms in total. The lowest BCUT2D eigenvalue weighted by atomic mass is 10.1. The molecule has 2 rings (SSSR count). The lowest BCUT2D eigenvalue weighted by Gasteiger charge is -2.34. The van der Waals surface area contributed by atoms with Crippen LogP contribution in [0.2, 0.25) is 0 Å². The third-order valence-electron chi connectivity index (χ3n) is 4.23. The highest BCUT2D eigenvalue weighted by Gasteiger charge is 2.46. The van der Waals surface area contributed by atoms with Crippen LogP contribution in [0.15, 0.2) is 24.2 Å². The molecule has 0 aliphatic carbocycles. The zero-order chi connectivity index (χ0) is 20.6. The van der Waals surface area contributed by atoms with Crippen LogP contribution < -0.4 is 5.32 Å². The van der Waals surface area contributed by atoms with Crippen molar-refractivity contribution in [2.45, 2.75) is 31.0 Å². The molecule has 2 aliphatic heterocycles. The van der Waals surface area contributed by atoms with E-state index in [9.17, 15) is 34.5 Å². The largest absolute Gasteiger partial charge is 0.391 e. The highest BCUT2D eigenvalue weighted by atomic mass is 31.2. The van der Waals surface area contributed by atoms with E-state index in [1.807, 2.05) is 0 Å². The summed E-state index contributed by atoms with van der Waals surface area (Å²) in [5.74, 6) is -0.736. The van der Waals surface area contributed by atoms with Crippen molar-refractivity contribution in [3.8, 4) is 0 Å². The summed E-state index contributed by atoms with van der Waals surface area (Å²) in [6.45, 7) is 4.54. The van der Waals surface area contributed by atoms with Crippen LogP contribution in [0.3, 0.4) is 0 Å². The standard InChI is InChI=1S/C15H26N2O8P2/c1-9-16-14(21)10(7-18)6-17(9)15-13(20)12(19)11(25-15)4-5-27(23,24)8-26(2,3)22/h6,11-13,15,18-20,22H,1-2,4-5,7-8H2,3H3,(H,16,21)(H,23,24)/t11-,12?,13+,15-,26?/m1/s1. The fraction of sp³-hybridized carbons (Fsp3) is 0.600. The molecular formula is C15H26N2O8P2. The van der Waals surface area contributed by atoms with Gasteiger partial charge in [-0.1, -0.05) is 12.9 Å². The lowest BCUT2D eigenvalue weighted by molar-refractivity contribution is -0.120. The molecule has 0 aromatic rings. The number of ether oxygens (including phenoxy) is 1. The number of aliphatic hydroxyl groups is 3. The molecule has 3 unspecified atom stereocenters. The number of rotatable bonds is 7. The minimum Gasteiger partial charge on any atom is -0.391 e. The molecule has 0 aromatic heterocycles. The number of nitrogens with zero attached hydrogens (tertiary/aromatic N) is 1. The van der Waals surface area contributed by atoms with Crippen LogP contribution in [0.1, 0.15) is 6.42 Å². The maximum Gasteiger partial charge on any atom is 0.256 e. The third kappa shape index (κ3) is 5.53. The van der Waals surface area contributed by atoms with E-state index in [2.05, 4.69) is 18.2 Å². The minimum atomic E-state index is -3.67. The van der Waals surface area contributed by atoms with Gasteiger partial charge in [0, 0.05) is 19.5 Å². The van der Waals surface area contributed by atoms with Gasteiger partial charge in [-0.15, -0.1) is 0 Å². The maximum absolute atomic E-state index is 12.2. The van der Waals surface area contributed by atoms with Crippen LogP contribution in [0.4, 0.5) is 0 Å². The first-order valence-corrected chi connectivity index (χ1v) is 12.8. The van der Waals surface area contributed by atoms with E-state index in [-0.39, 0.29) is 29.9 Å². The Kier molecular flexibility index (Phi) is 6.77. The highest BCUT2D eigenvalue weighted by molar-refractivity contribution is 7.80. The van der Waals surface area contributed by atoms with E-state index in [1.54, 1.807) is 0 Å². The van der Waals surface area contributed by atoms with E-state index in [4.69, 9.17) is 4.74 Å². The average molecular weight is 424 g/mol. The van der Waals surface area contributed by atoms with E-state index >= 15 is 0 Å². The summed E-state index contributed by atoms with van der Waals surface area (Å²) < 4.78 is 17.8. The normalized spacial score (nSPS) is 33.3. The number of carbonyl (C=O) groups is 1. The summed E-state index contributed by atoms with van der Waals surface area (Å²) >= 11 is 0. The predicted octanol–water partition coefficient (Wildman–Crippen LogP) is -1.18. The number of nitrogens with one attached hydrogen (secondary N) is 1. The van der Waals surface area contributed by atoms with E-state index < -0.39 is 51.5 Å². The molecule has 0 aromatic carbocycles. The molecule has 0 radical (unpaired) electrons. The first-order valence-electron chi connectivity index (χ1n) is 8.20. The topological polar surface area (TPSA) is 160 Å². The first kappa shape index (κ1) is 22.3. The van der Waals surface area contributed by atoms with Crippen LogP contribution >= 0.6 is 14.5 Å². The molecule has 0 spiro atoms. The van der Waals surface area contributed by atoms with Gasteiger partial charge in [0.05, 0.1) is 24.2 Å². The van der Waals surface area contributed by atoms with Gasteiger partial charge in [-0.3, -0.25) is 9.36 Å². The molecule has 2 heterocycles. The number of amides is 1. The van der Waals surface area contributed by atoms with Gasteiger partial charge in [-0.05, 0) is 13.1 Å². The van der Waals surface area contributed by atoms with Gasteiger partial charge in [-0.2, -0.15) is 0 Å². The number of aliphatic hydroxyl groups excluding tert-OH is 3. The van der Waals surface area contributed by atoms with Crippen LogP contribution in [0, 0.1) is 0 Å². The zero-order valence-corrected chi connectivity index (χ0v) is 16.7. The van der Waals surface area contributed by atoms with Gasteiger partial charge in [0.15, 0.2) is 6.23 Å². The first-order chi connectivity index (χ1) is 12.3. The van der Waals surface area contributed by atoms with Crippen LogP contribution in [0.5, 0.6) is 0 Å². The maximum atomic E-state index is 12.2. The van der Waals surface area contributed by atoms with Crippen molar-refractivity contribution in [2.75, 3.05) is 25.3 Å². The predicted molar refractivity (Wildman–Crippen MR) is 101 cm³/mol. The Labute approximate surface area is 157 Å². The Morgan fingerprint density at radius 3 is 2.52 bits per heavy atom. The summed E-state index contributed by atoms with van der Waals surface area (Å²) in [5, 5.41) is 32.2. The quantitative estimate of drug-likeness (QED) is 0.277. The van der Waals surface area contributed by atoms with E-state index in [0.717, 1.165) is 0 Å². The molecule has 1 saturated heterocycles. The Balaban J connectivity index is 2.08. The van der Waals surface area contributed by atoms with Gasteiger partial charge in [0.25, 0.3) is 5.91 Å². The van der Waals surface area contributed by atoms with Gasteiger partial charge in [-0.25, -0.2) is 0 Å². The van der Waals surface area contributed by atoms with Crippen LogP contribution in [0.25, 0.3) is 0 Å². The fourth-order valence-corrected chi connectivity index (χ4v) is 8.03. The van der Waals surface area contributed by atoms with Gasteiger partial charge < -0.3 is 40.1 Å². The molecule has 2 aliphatic rings. The van der Waals surface area contributed by atoms with Crippen LogP contribution in [-0.4, -0.2) is 92.1 Å². The van der Waals surface area contributed by atoms with E-state index in [1.165, 1.54) is 17.8 Å². The Morgan fingerprint density at radius 2 is 1.96 bits per heavy atom. The van der Waals surface area contributed by atoms with Crippen molar-refractivity contribution in [2.24, 2.45) is 0 Å². The monoisotopic (exact) mass is 424 g/mol. The second kappa shape index (κ2) is 8.19. The van der Waals surface area contributed by atoms with Gasteiger partial charge >= 0.3 is 0 Å². The average Bonchev–Trinajstić information content (AvgIpc) is 2.79. The molecular weight excluding hydrogens is 398 g/mol. The number of hydrogen-bond acceptors (Lipinski definition) is 8. The second-order valence-electron chi connectivity index (χ2n) is 7.01. The van der Waals surface area contributed by atoms with Gasteiger partial charge in [0.2, 0.25) is 7.37 Å². The summed E-state index contributed by atoms with van der Waals surface area (Å²) in [6, 6.07) is 0. The molecule has 27 heavy (non-hydrogen) atoms. The molecule has 6 atom stereocenters. The highest BCUT2D eigenvalue weighted by Crippen LogP contribution is 2.55. The van der Waals surface area contributed by atoms with Crippen LogP contribution in [-0.2, 0) is 14.1 Å². The van der Waals surface area contributed by atoms with Crippen molar-refractivity contribution in [3.05, 3.63) is 24.2 Å². The Hall–Kier alpha value is -0.960. The van der Waals surface area contributed by atoms with Crippen molar-refractivity contribution in [3.63, 3.8) is 0 Å². The third-order valence-corrected chi connectivity index (χ3v) is 9.39. The van der Waals surface area contributed by atoms with Crippen molar-refractivity contribution in [1.82, 2.24) is 10.2 Å². The molecule has 154 valence electrons. The summed E-state index contributed by atoms with van der Waals surface area (Å²) in [6.07, 6.45) is -0.203. The van der Waals surface area contributed by atoms with Crippen molar-refractivity contribution >= 4 is 26.7 Å². The SMILES string of the molecule is C=C1NC(=O)C(CO)=CN1[C@@H]1O[C@H](CCP(=O)(O)CP(=C)(C)O)C(O)[C@@H]1O. The molecule has 12 heteroatoms. The second-order valence-corrected chi connectivity index (χ2v) is 13.0. The summed E-state index contributed by atoms with van der Waals surface area (Å²) in [5.41, 5.74) is 0.0256. The smallest absolute Gasteiger partial charge is 0.256 e. The molecule has 1 fully saturated rings. The summed E-state index contributed by atoms with van der Waals surface area (Å²) in [4.78, 5) is 32.7. The zero-order valence-electron chi connectivity index (χ0n) is 14.9. The Bertz CT molecular complexity index is 733. The lowest BCUT2D eigenvalue weighted by Crippen LogP contribution is -2.48.